The van der Waals surface area contributed by atoms with Gasteiger partial charge in [-0.2, -0.15) is 0 Å². The molecule has 6 heteroatoms. The van der Waals surface area contributed by atoms with Crippen LogP contribution in [0.1, 0.15) is 0 Å². The quantitative estimate of drug-likeness (QED) is 0.245. The lowest BCUT2D eigenvalue weighted by molar-refractivity contribution is 0.412. The highest BCUT2D eigenvalue weighted by Gasteiger charge is 2.25. The van der Waals surface area contributed by atoms with Gasteiger partial charge >= 0.3 is 0 Å². The van der Waals surface area contributed by atoms with Crippen LogP contribution in [0.25, 0.3) is 43.1 Å². The van der Waals surface area contributed by atoms with Gasteiger partial charge < -0.3 is 10.2 Å². The van der Waals surface area contributed by atoms with Gasteiger partial charge in [0.05, 0.1) is 10.8 Å². The third-order valence-electron chi connectivity index (χ3n) is 5.19. The van der Waals surface area contributed by atoms with E-state index < -0.39 is 44.0 Å². The largest absolute Gasteiger partial charge is 0.504 e. The molecule has 2 N–H and O–H groups in total. The first kappa shape index (κ1) is 16.1. The molecule has 0 aliphatic rings. The highest BCUT2D eigenvalue weighted by atomic mass is 16.3. The van der Waals surface area contributed by atoms with E-state index >= 15 is 0 Å². The first-order valence-electron chi connectivity index (χ1n) is 8.42. The smallest absolute Gasteiger partial charge is 0.198 e. The van der Waals surface area contributed by atoms with Gasteiger partial charge in [0.1, 0.15) is 0 Å². The van der Waals surface area contributed by atoms with Gasteiger partial charge in [0.25, 0.3) is 0 Å². The number of benzene rings is 5. The van der Waals surface area contributed by atoms with E-state index in [2.05, 4.69) is 0 Å². The minimum atomic E-state index is -0.873. The van der Waals surface area contributed by atoms with Gasteiger partial charge in [-0.3, -0.25) is 19.2 Å². The van der Waals surface area contributed by atoms with Gasteiger partial charge in [-0.25, -0.2) is 0 Å². The topological polar surface area (TPSA) is 109 Å². The Morgan fingerprint density at radius 3 is 0.964 bits per heavy atom. The average Bonchev–Trinajstić information content (AvgIpc) is 2.72. The van der Waals surface area contributed by atoms with E-state index in [9.17, 15) is 29.4 Å². The second-order valence-electron chi connectivity index (χ2n) is 6.60. The molecule has 6 nitrogen and oxygen atoms in total. The van der Waals surface area contributed by atoms with Crippen molar-refractivity contribution in [2.24, 2.45) is 0 Å². The molecule has 0 aromatic heterocycles. The first-order chi connectivity index (χ1) is 13.4. The second kappa shape index (κ2) is 5.23. The number of phenolic OH excluding ortho intramolecular Hbond substituents is 2. The van der Waals surface area contributed by atoms with Gasteiger partial charge in [0.2, 0.25) is 0 Å². The summed E-state index contributed by atoms with van der Waals surface area (Å²) in [4.78, 5) is 52.1. The standard InChI is InChI=1S/C22H10O6/c23-17-9-5-1-3-7-11(9)19(25)15-13(17)14-16(22(28)21(15)27)20(26)12-8-4-2-6-10(12)18(14)24/h1-8,27-28H. The fourth-order valence-corrected chi connectivity index (χ4v) is 3.92. The van der Waals surface area contributed by atoms with Crippen molar-refractivity contribution < 1.29 is 10.2 Å². The maximum atomic E-state index is 13.1. The summed E-state index contributed by atoms with van der Waals surface area (Å²) in [6, 6.07) is 12.0. The van der Waals surface area contributed by atoms with Crippen LogP contribution in [0.15, 0.2) is 67.7 Å². The Bertz CT molecular complexity index is 1580. The van der Waals surface area contributed by atoms with E-state index in [0.717, 1.165) is 0 Å². The van der Waals surface area contributed by atoms with Crippen LogP contribution in [0.3, 0.4) is 0 Å². The molecule has 0 fully saturated rings. The number of phenols is 2. The fraction of sp³-hybridized carbons (Fsp3) is 0. The SMILES string of the molecule is O=c1c2ccccc2c(=O)c2c1c(O)c(O)c1c(=O)c3ccccc3c(=O)c12. The summed E-state index contributed by atoms with van der Waals surface area (Å²) in [6.45, 7) is 0. The molecule has 0 aliphatic carbocycles. The summed E-state index contributed by atoms with van der Waals surface area (Å²) >= 11 is 0. The van der Waals surface area contributed by atoms with Crippen molar-refractivity contribution in [2.75, 3.05) is 0 Å². The average molecular weight is 370 g/mol. The molecule has 5 aromatic carbocycles. The second-order valence-corrected chi connectivity index (χ2v) is 6.60. The molecule has 134 valence electrons. The summed E-state index contributed by atoms with van der Waals surface area (Å²) in [5, 5.41) is 19.6. The monoisotopic (exact) mass is 370 g/mol. The highest BCUT2D eigenvalue weighted by Crippen LogP contribution is 2.38. The Hall–Kier alpha value is -4.06. The predicted octanol–water partition coefficient (Wildman–Crippen LogP) is 2.03. The number of rotatable bonds is 0. The summed E-state index contributed by atoms with van der Waals surface area (Å²) in [5.41, 5.74) is -2.70. The summed E-state index contributed by atoms with van der Waals surface area (Å²) in [5.74, 6) is -1.75. The van der Waals surface area contributed by atoms with Crippen molar-refractivity contribution in [1.82, 2.24) is 0 Å². The molecule has 0 bridgehead atoms. The van der Waals surface area contributed by atoms with E-state index in [1.807, 2.05) is 0 Å². The molecular weight excluding hydrogens is 360 g/mol. The molecule has 28 heavy (non-hydrogen) atoms. The summed E-state index contributed by atoms with van der Waals surface area (Å²) < 4.78 is 0. The lowest BCUT2D eigenvalue weighted by Gasteiger charge is -2.10. The maximum Gasteiger partial charge on any atom is 0.198 e. The van der Waals surface area contributed by atoms with Crippen molar-refractivity contribution in [3.8, 4) is 11.5 Å². The zero-order valence-corrected chi connectivity index (χ0v) is 14.1. The molecular formula is C22H10O6. The van der Waals surface area contributed by atoms with Gasteiger partial charge in [-0.1, -0.05) is 48.5 Å². The maximum absolute atomic E-state index is 13.1. The van der Waals surface area contributed by atoms with Crippen LogP contribution in [0.4, 0.5) is 0 Å². The molecule has 0 amide bonds. The number of fused-ring (bicyclic) bond motifs is 5. The van der Waals surface area contributed by atoms with E-state index in [-0.39, 0.29) is 32.3 Å². The lowest BCUT2D eigenvalue weighted by atomic mass is 9.93. The van der Waals surface area contributed by atoms with Crippen molar-refractivity contribution in [1.29, 1.82) is 0 Å². The molecule has 0 spiro atoms. The molecule has 0 heterocycles. The van der Waals surface area contributed by atoms with E-state index in [4.69, 9.17) is 0 Å². The van der Waals surface area contributed by atoms with Gasteiger partial charge in [0, 0.05) is 32.3 Å². The zero-order chi connectivity index (χ0) is 19.7. The molecule has 5 aromatic rings. The minimum Gasteiger partial charge on any atom is -0.504 e. The molecule has 0 saturated heterocycles. The Balaban J connectivity index is 2.33. The zero-order valence-electron chi connectivity index (χ0n) is 14.1. The molecule has 0 atom stereocenters. The minimum absolute atomic E-state index is 0.0598. The van der Waals surface area contributed by atoms with Gasteiger partial charge in [0.15, 0.2) is 33.2 Å². The van der Waals surface area contributed by atoms with E-state index in [1.54, 1.807) is 24.3 Å². The number of aromatic hydroxyl groups is 2. The van der Waals surface area contributed by atoms with Crippen LogP contribution < -0.4 is 21.7 Å². The third-order valence-corrected chi connectivity index (χ3v) is 5.19. The molecule has 0 saturated carbocycles. The Kier molecular flexibility index (Phi) is 3.02. The van der Waals surface area contributed by atoms with Crippen LogP contribution in [-0.4, -0.2) is 10.2 Å². The van der Waals surface area contributed by atoms with Crippen LogP contribution in [0.5, 0.6) is 11.5 Å². The molecule has 0 unspecified atom stereocenters. The Morgan fingerprint density at radius 1 is 0.429 bits per heavy atom. The molecule has 0 aliphatic heterocycles. The normalized spacial score (nSPS) is 11.7. The van der Waals surface area contributed by atoms with E-state index in [1.165, 1.54) is 24.3 Å². The molecule has 5 rings (SSSR count). The first-order valence-corrected chi connectivity index (χ1v) is 8.42. The van der Waals surface area contributed by atoms with Gasteiger partial charge in [-0.15, -0.1) is 0 Å². The van der Waals surface area contributed by atoms with Crippen molar-refractivity contribution in [3.05, 3.63) is 89.4 Å². The molecule has 0 radical (unpaired) electrons. The third kappa shape index (κ3) is 1.76. The van der Waals surface area contributed by atoms with Gasteiger partial charge in [-0.05, 0) is 0 Å². The van der Waals surface area contributed by atoms with E-state index in [0.29, 0.717) is 0 Å². The predicted molar refractivity (Wildman–Crippen MR) is 107 cm³/mol. The van der Waals surface area contributed by atoms with Crippen molar-refractivity contribution in [3.63, 3.8) is 0 Å². The van der Waals surface area contributed by atoms with Crippen molar-refractivity contribution in [2.45, 2.75) is 0 Å². The Morgan fingerprint density at radius 2 is 0.679 bits per heavy atom. The van der Waals surface area contributed by atoms with Crippen LogP contribution in [0, 0.1) is 0 Å². The number of hydrogen-bond acceptors (Lipinski definition) is 6. The van der Waals surface area contributed by atoms with Crippen LogP contribution in [0.2, 0.25) is 0 Å². The Labute approximate surface area is 154 Å². The summed E-state index contributed by atoms with van der Waals surface area (Å²) in [6.07, 6.45) is 0. The fourth-order valence-electron chi connectivity index (χ4n) is 3.92. The highest BCUT2D eigenvalue weighted by molar-refractivity contribution is 6.19. The van der Waals surface area contributed by atoms with Crippen LogP contribution >= 0.6 is 0 Å². The lowest BCUT2D eigenvalue weighted by Crippen LogP contribution is -2.19. The van der Waals surface area contributed by atoms with Crippen molar-refractivity contribution >= 4 is 43.1 Å². The van der Waals surface area contributed by atoms with Crippen LogP contribution in [-0.2, 0) is 0 Å². The number of hydrogen-bond donors (Lipinski definition) is 2. The summed E-state index contributed by atoms with van der Waals surface area (Å²) in [7, 11) is 0.